The minimum Gasteiger partial charge on any atom is -0.494 e. The van der Waals surface area contributed by atoms with E-state index in [1.165, 1.54) is 0 Å². The molecule has 0 unspecified atom stereocenters. The zero-order valence-electron chi connectivity index (χ0n) is 15.6. The number of piperidine rings is 1. The molecule has 1 heterocycles. The number of hydrogen-bond acceptors (Lipinski definition) is 3. The van der Waals surface area contributed by atoms with E-state index in [2.05, 4.69) is 5.32 Å². The molecular weight excluding hydrogens is 316 g/mol. The van der Waals surface area contributed by atoms with Gasteiger partial charge in [-0.25, -0.2) is 0 Å². The number of ether oxygens (including phenoxy) is 1. The number of nitrogens with zero attached hydrogens (tertiary/aromatic N) is 1. The molecule has 1 aliphatic heterocycles. The first-order chi connectivity index (χ1) is 12.1. The highest BCUT2D eigenvalue weighted by Crippen LogP contribution is 2.18. The van der Waals surface area contributed by atoms with Crippen molar-refractivity contribution in [1.29, 1.82) is 0 Å². The van der Waals surface area contributed by atoms with Crippen molar-refractivity contribution in [3.8, 4) is 5.75 Å². The third-order valence-corrected chi connectivity index (χ3v) is 4.90. The third-order valence-electron chi connectivity index (χ3n) is 4.90. The Hall–Kier alpha value is -2.04. The monoisotopic (exact) mass is 346 g/mol. The van der Waals surface area contributed by atoms with Gasteiger partial charge in [0.2, 0.25) is 5.91 Å². The summed E-state index contributed by atoms with van der Waals surface area (Å²) in [7, 11) is 0. The first kappa shape index (κ1) is 19.3. The lowest BCUT2D eigenvalue weighted by Crippen LogP contribution is -2.47. The summed E-state index contributed by atoms with van der Waals surface area (Å²) in [5.74, 6) is 1.08. The van der Waals surface area contributed by atoms with Crippen LogP contribution >= 0.6 is 0 Å². The molecule has 138 valence electrons. The van der Waals surface area contributed by atoms with Crippen molar-refractivity contribution in [3.05, 3.63) is 29.8 Å². The molecule has 5 nitrogen and oxygen atoms in total. The van der Waals surface area contributed by atoms with E-state index in [1.54, 1.807) is 0 Å². The highest BCUT2D eigenvalue weighted by atomic mass is 16.5. The molecule has 2 rings (SSSR count). The Kier molecular flexibility index (Phi) is 7.29. The van der Waals surface area contributed by atoms with E-state index >= 15 is 0 Å². The Labute approximate surface area is 150 Å². The lowest BCUT2D eigenvalue weighted by molar-refractivity contribution is -0.126. The summed E-state index contributed by atoms with van der Waals surface area (Å²) in [4.78, 5) is 26.7. The van der Waals surface area contributed by atoms with E-state index in [0.29, 0.717) is 25.3 Å². The van der Waals surface area contributed by atoms with Crippen LogP contribution < -0.4 is 10.1 Å². The molecule has 0 bridgehead atoms. The predicted molar refractivity (Wildman–Crippen MR) is 98.8 cm³/mol. The second-order valence-corrected chi connectivity index (χ2v) is 6.55. The van der Waals surface area contributed by atoms with Gasteiger partial charge >= 0.3 is 0 Å². The fraction of sp³-hybridized carbons (Fsp3) is 0.600. The SMILES string of the molecule is CCOc1ccc(C(=O)N2CCC(NC(=O)C(CC)CC)CC2)cc1. The number of carbonyl (C=O) groups is 2. The molecule has 1 fully saturated rings. The van der Waals surface area contributed by atoms with E-state index in [0.717, 1.165) is 31.4 Å². The van der Waals surface area contributed by atoms with Crippen molar-refractivity contribution in [2.24, 2.45) is 5.92 Å². The van der Waals surface area contributed by atoms with E-state index in [-0.39, 0.29) is 23.8 Å². The van der Waals surface area contributed by atoms with E-state index in [1.807, 2.05) is 49.9 Å². The van der Waals surface area contributed by atoms with Gasteiger partial charge in [0.05, 0.1) is 6.61 Å². The molecule has 0 aromatic heterocycles. The maximum absolute atomic E-state index is 12.6. The van der Waals surface area contributed by atoms with Crippen LogP contribution in [0.15, 0.2) is 24.3 Å². The molecule has 2 amide bonds. The summed E-state index contributed by atoms with van der Waals surface area (Å²) >= 11 is 0. The normalized spacial score (nSPS) is 15.3. The predicted octanol–water partition coefficient (Wildman–Crippen LogP) is 3.24. The molecule has 1 N–H and O–H groups in total. The van der Waals surface area contributed by atoms with Crippen LogP contribution in [0.5, 0.6) is 5.75 Å². The summed E-state index contributed by atoms with van der Waals surface area (Å²) in [5.41, 5.74) is 0.683. The largest absolute Gasteiger partial charge is 0.494 e. The van der Waals surface area contributed by atoms with Crippen LogP contribution in [0.2, 0.25) is 0 Å². The quantitative estimate of drug-likeness (QED) is 0.824. The molecule has 0 atom stereocenters. The van der Waals surface area contributed by atoms with Crippen molar-refractivity contribution >= 4 is 11.8 Å². The van der Waals surface area contributed by atoms with Crippen LogP contribution in [0.4, 0.5) is 0 Å². The van der Waals surface area contributed by atoms with Crippen molar-refractivity contribution in [1.82, 2.24) is 10.2 Å². The Morgan fingerprint density at radius 1 is 1.12 bits per heavy atom. The van der Waals surface area contributed by atoms with Crippen LogP contribution in [0.3, 0.4) is 0 Å². The summed E-state index contributed by atoms with van der Waals surface area (Å²) < 4.78 is 5.41. The second-order valence-electron chi connectivity index (χ2n) is 6.55. The van der Waals surface area contributed by atoms with Gasteiger partial charge < -0.3 is 15.0 Å². The number of amides is 2. The topological polar surface area (TPSA) is 58.6 Å². The molecule has 0 radical (unpaired) electrons. The highest BCUT2D eigenvalue weighted by Gasteiger charge is 2.26. The van der Waals surface area contributed by atoms with Gasteiger partial charge in [0, 0.05) is 30.6 Å². The fourth-order valence-corrected chi connectivity index (χ4v) is 3.25. The smallest absolute Gasteiger partial charge is 0.253 e. The van der Waals surface area contributed by atoms with Gasteiger partial charge in [-0.3, -0.25) is 9.59 Å². The number of likely N-dealkylation sites (tertiary alicyclic amines) is 1. The third kappa shape index (κ3) is 5.21. The van der Waals surface area contributed by atoms with E-state index in [4.69, 9.17) is 4.74 Å². The first-order valence-corrected chi connectivity index (χ1v) is 9.41. The standard InChI is InChI=1S/C20H30N2O3/c1-4-15(5-2)19(23)21-17-11-13-22(14-12-17)20(24)16-7-9-18(10-8-16)25-6-3/h7-10,15,17H,4-6,11-14H2,1-3H3,(H,21,23). The van der Waals surface area contributed by atoms with Crippen LogP contribution in [0, 0.1) is 5.92 Å². The molecule has 1 saturated heterocycles. The molecule has 5 heteroatoms. The van der Waals surface area contributed by atoms with Crippen molar-refractivity contribution in [2.75, 3.05) is 19.7 Å². The summed E-state index contributed by atoms with van der Waals surface area (Å²) in [5, 5.41) is 3.15. The molecule has 1 aromatic carbocycles. The van der Waals surface area contributed by atoms with E-state index < -0.39 is 0 Å². The van der Waals surface area contributed by atoms with Gasteiger partial charge in [-0.05, 0) is 56.9 Å². The van der Waals surface area contributed by atoms with Gasteiger partial charge in [0.25, 0.3) is 5.91 Å². The van der Waals surface area contributed by atoms with Gasteiger partial charge in [-0.1, -0.05) is 13.8 Å². The van der Waals surface area contributed by atoms with Gasteiger partial charge in [0.1, 0.15) is 5.75 Å². The maximum Gasteiger partial charge on any atom is 0.253 e. The number of benzene rings is 1. The second kappa shape index (κ2) is 9.44. The maximum atomic E-state index is 12.6. The fourth-order valence-electron chi connectivity index (χ4n) is 3.25. The summed E-state index contributed by atoms with van der Waals surface area (Å²) in [6.45, 7) is 8.01. The van der Waals surface area contributed by atoms with Crippen LogP contribution in [0.25, 0.3) is 0 Å². The van der Waals surface area contributed by atoms with Crippen LogP contribution in [-0.2, 0) is 4.79 Å². The molecule has 1 aromatic rings. The van der Waals surface area contributed by atoms with Crippen molar-refractivity contribution in [3.63, 3.8) is 0 Å². The average molecular weight is 346 g/mol. The number of carbonyl (C=O) groups excluding carboxylic acids is 2. The number of nitrogens with one attached hydrogen (secondary N) is 1. The van der Waals surface area contributed by atoms with Gasteiger partial charge in [0.15, 0.2) is 0 Å². The van der Waals surface area contributed by atoms with Gasteiger partial charge in [-0.2, -0.15) is 0 Å². The summed E-state index contributed by atoms with van der Waals surface area (Å²) in [6, 6.07) is 7.47. The zero-order chi connectivity index (χ0) is 18.2. The van der Waals surface area contributed by atoms with Crippen LogP contribution in [-0.4, -0.2) is 42.5 Å². The molecule has 0 aliphatic carbocycles. The first-order valence-electron chi connectivity index (χ1n) is 9.41. The Morgan fingerprint density at radius 3 is 2.24 bits per heavy atom. The minimum atomic E-state index is 0.0489. The zero-order valence-corrected chi connectivity index (χ0v) is 15.6. The highest BCUT2D eigenvalue weighted by molar-refractivity contribution is 5.94. The van der Waals surface area contributed by atoms with Crippen molar-refractivity contribution < 1.29 is 14.3 Å². The minimum absolute atomic E-state index is 0.0489. The molecular formula is C20H30N2O3. The van der Waals surface area contributed by atoms with Crippen LogP contribution in [0.1, 0.15) is 56.8 Å². The average Bonchev–Trinajstić information content (AvgIpc) is 2.64. The Morgan fingerprint density at radius 2 is 1.72 bits per heavy atom. The van der Waals surface area contributed by atoms with Crippen molar-refractivity contribution in [2.45, 2.75) is 52.5 Å². The molecule has 0 saturated carbocycles. The molecule has 25 heavy (non-hydrogen) atoms. The number of rotatable bonds is 7. The van der Waals surface area contributed by atoms with Gasteiger partial charge in [-0.15, -0.1) is 0 Å². The lowest BCUT2D eigenvalue weighted by atomic mass is 9.99. The number of hydrogen-bond donors (Lipinski definition) is 1. The molecule has 1 aliphatic rings. The lowest BCUT2D eigenvalue weighted by Gasteiger charge is -2.33. The Balaban J connectivity index is 1.84. The Bertz CT molecular complexity index is 559. The van der Waals surface area contributed by atoms with E-state index in [9.17, 15) is 9.59 Å². The molecule has 0 spiro atoms. The summed E-state index contributed by atoms with van der Waals surface area (Å²) in [6.07, 6.45) is 3.37.